The van der Waals surface area contributed by atoms with Crippen LogP contribution in [0.5, 0.6) is 0 Å². The highest BCUT2D eigenvalue weighted by molar-refractivity contribution is 7.96. The molecular weight excluding hydrogens is 157 g/mol. The summed E-state index contributed by atoms with van der Waals surface area (Å²) in [7, 11) is 0. The maximum Gasteiger partial charge on any atom is 0.278 e. The molecule has 42 valence electrons. The van der Waals surface area contributed by atoms with Crippen LogP contribution in [0.2, 0.25) is 0 Å². The van der Waals surface area contributed by atoms with Crippen molar-refractivity contribution in [1.82, 2.24) is 5.32 Å². The predicted octanol–water partition coefficient (Wildman–Crippen LogP) is 1.39. The number of alkyl halides is 2. The topological polar surface area (TPSA) is 29.1 Å². The maximum absolute atomic E-state index is 9.84. The van der Waals surface area contributed by atoms with E-state index in [1.807, 2.05) is 0 Å². The maximum atomic E-state index is 9.84. The van der Waals surface area contributed by atoms with E-state index in [0.29, 0.717) is 0 Å². The molecule has 0 heterocycles. The summed E-state index contributed by atoms with van der Waals surface area (Å²) in [5.74, 6) is 0. The Hall–Kier alpha value is 0.400. The molecule has 0 radical (unpaired) electrons. The average Bonchev–Trinajstić information content (AvgIpc) is 1.27. The van der Waals surface area contributed by atoms with Crippen molar-refractivity contribution < 1.29 is 4.79 Å². The van der Waals surface area contributed by atoms with Crippen LogP contribution < -0.4 is 5.32 Å². The Morgan fingerprint density at radius 1 is 1.71 bits per heavy atom. The van der Waals surface area contributed by atoms with Crippen LogP contribution in [0.15, 0.2) is 0 Å². The second kappa shape index (κ2) is 3.41. The van der Waals surface area contributed by atoms with E-state index in [-0.39, 0.29) is 0 Å². The first-order valence-electron chi connectivity index (χ1n) is 1.40. The normalized spacial score (nSPS) is 9.14. The quantitative estimate of drug-likeness (QED) is 0.338. The van der Waals surface area contributed by atoms with E-state index in [0.717, 1.165) is 0 Å². The highest BCUT2D eigenvalue weighted by atomic mass is 35.5. The van der Waals surface area contributed by atoms with Gasteiger partial charge in [-0.2, -0.15) is 0 Å². The van der Waals surface area contributed by atoms with Crippen molar-refractivity contribution in [3.63, 3.8) is 0 Å². The number of hydrogen-bond donors (Lipinski definition) is 2. The molecule has 0 unspecified atom stereocenters. The highest BCUT2D eigenvalue weighted by Gasteiger charge is 1.96. The third-order valence-corrected chi connectivity index (χ3v) is 0.580. The van der Waals surface area contributed by atoms with E-state index in [4.69, 9.17) is 23.2 Å². The number of carbonyl (C=O) groups is 1. The van der Waals surface area contributed by atoms with Gasteiger partial charge in [-0.3, -0.25) is 4.79 Å². The molecule has 0 saturated heterocycles. The van der Waals surface area contributed by atoms with E-state index in [2.05, 4.69) is 17.9 Å². The molecule has 0 aliphatic rings. The Morgan fingerprint density at radius 2 is 2.14 bits per heavy atom. The van der Waals surface area contributed by atoms with Crippen LogP contribution in [-0.2, 0) is 0 Å². The second-order valence-electron chi connectivity index (χ2n) is 0.750. The molecule has 0 aromatic rings. The smallest absolute Gasteiger partial charge is 0.278 e. The fourth-order valence-electron chi connectivity index (χ4n) is 0.0933. The fraction of sp³-hybridized carbons (Fsp3) is 0.500. The molecular formula is C2H3Cl2NOS. The molecule has 0 atom stereocenters. The van der Waals surface area contributed by atoms with Crippen LogP contribution in [0.3, 0.4) is 0 Å². The lowest BCUT2D eigenvalue weighted by atomic mass is 11.2. The molecule has 0 saturated carbocycles. The summed E-state index contributed by atoms with van der Waals surface area (Å²) in [5, 5.41) is 1.53. The van der Waals surface area contributed by atoms with Gasteiger partial charge in [0, 0.05) is 0 Å². The summed E-state index contributed by atoms with van der Waals surface area (Å²) in [5.41, 5.74) is 0. The zero-order valence-corrected chi connectivity index (χ0v) is 5.60. The molecule has 0 aromatic heterocycles. The number of rotatable bonds is 1. The molecule has 7 heavy (non-hydrogen) atoms. The van der Waals surface area contributed by atoms with Gasteiger partial charge in [-0.05, 0) is 0 Å². The molecule has 1 amide bonds. The van der Waals surface area contributed by atoms with Crippen molar-refractivity contribution in [1.29, 1.82) is 0 Å². The van der Waals surface area contributed by atoms with Crippen molar-refractivity contribution in [3.05, 3.63) is 0 Å². The average molecular weight is 160 g/mol. The lowest BCUT2D eigenvalue weighted by Gasteiger charge is -1.96. The van der Waals surface area contributed by atoms with Gasteiger partial charge in [0.2, 0.25) is 0 Å². The second-order valence-corrected chi connectivity index (χ2v) is 2.25. The first kappa shape index (κ1) is 7.40. The number of thiol groups is 1. The van der Waals surface area contributed by atoms with Crippen LogP contribution in [0.1, 0.15) is 0 Å². The summed E-state index contributed by atoms with van der Waals surface area (Å²) in [6, 6.07) is 0. The van der Waals surface area contributed by atoms with Gasteiger partial charge < -0.3 is 5.32 Å². The molecule has 5 heteroatoms. The van der Waals surface area contributed by atoms with E-state index in [1.165, 1.54) is 0 Å². The first-order valence-corrected chi connectivity index (χ1v) is 2.72. The van der Waals surface area contributed by atoms with Gasteiger partial charge in [-0.15, -0.1) is 0 Å². The SMILES string of the molecule is O=C(S)NC(Cl)Cl. The largest absolute Gasteiger partial charge is 0.318 e. The number of carbonyl (C=O) groups excluding carboxylic acids is 1. The van der Waals surface area contributed by atoms with Crippen LogP contribution in [0, 0.1) is 0 Å². The molecule has 0 rings (SSSR count). The fourth-order valence-corrected chi connectivity index (χ4v) is 0.573. The van der Waals surface area contributed by atoms with Gasteiger partial charge in [0.25, 0.3) is 5.24 Å². The van der Waals surface area contributed by atoms with Crippen LogP contribution in [0.25, 0.3) is 0 Å². The van der Waals surface area contributed by atoms with Gasteiger partial charge in [-0.25, -0.2) is 0 Å². The van der Waals surface area contributed by atoms with Crippen LogP contribution in [0.4, 0.5) is 4.79 Å². The lowest BCUT2D eigenvalue weighted by Crippen LogP contribution is -2.20. The Balaban J connectivity index is 3.13. The molecule has 2 nitrogen and oxygen atoms in total. The summed E-state index contributed by atoms with van der Waals surface area (Å²) < 4.78 is 0. The van der Waals surface area contributed by atoms with E-state index < -0.39 is 10.2 Å². The number of nitrogens with one attached hydrogen (secondary N) is 1. The third kappa shape index (κ3) is 6.40. The molecule has 1 N–H and O–H groups in total. The lowest BCUT2D eigenvalue weighted by molar-refractivity contribution is 0.261. The highest BCUT2D eigenvalue weighted by Crippen LogP contribution is 1.95. The Kier molecular flexibility index (Phi) is 3.60. The molecule has 0 aromatic carbocycles. The minimum Gasteiger partial charge on any atom is -0.318 e. The van der Waals surface area contributed by atoms with Crippen molar-refractivity contribution in [2.45, 2.75) is 4.96 Å². The van der Waals surface area contributed by atoms with Gasteiger partial charge in [0.1, 0.15) is 0 Å². The molecule has 0 spiro atoms. The molecule has 0 fully saturated rings. The summed E-state index contributed by atoms with van der Waals surface area (Å²) in [4.78, 5) is 8.98. The first-order chi connectivity index (χ1) is 3.13. The number of amides is 1. The van der Waals surface area contributed by atoms with Gasteiger partial charge in [0.05, 0.1) is 0 Å². The monoisotopic (exact) mass is 159 g/mol. The predicted molar refractivity (Wildman–Crippen MR) is 33.0 cm³/mol. The number of hydrogen-bond acceptors (Lipinski definition) is 1. The molecule has 0 bridgehead atoms. The Morgan fingerprint density at radius 3 is 2.14 bits per heavy atom. The van der Waals surface area contributed by atoms with Crippen molar-refractivity contribution in [3.8, 4) is 0 Å². The van der Waals surface area contributed by atoms with Crippen LogP contribution >= 0.6 is 35.8 Å². The van der Waals surface area contributed by atoms with Crippen molar-refractivity contribution in [2.75, 3.05) is 0 Å². The van der Waals surface area contributed by atoms with Gasteiger partial charge in [0.15, 0.2) is 4.96 Å². The van der Waals surface area contributed by atoms with E-state index in [1.54, 1.807) is 0 Å². The zero-order valence-electron chi connectivity index (χ0n) is 3.19. The third-order valence-electron chi connectivity index (χ3n) is 0.233. The Labute approximate surface area is 56.6 Å². The molecule has 0 aliphatic carbocycles. The zero-order chi connectivity index (χ0) is 5.86. The van der Waals surface area contributed by atoms with Crippen molar-refractivity contribution in [2.24, 2.45) is 0 Å². The summed E-state index contributed by atoms with van der Waals surface area (Å²) >= 11 is 13.4. The van der Waals surface area contributed by atoms with Gasteiger partial charge in [-0.1, -0.05) is 35.8 Å². The standard InChI is InChI=1S/C2H3Cl2NOS/c3-1(4)5-2(6)7/h1H,(H2,5,6,7). The van der Waals surface area contributed by atoms with E-state index >= 15 is 0 Å². The minimum absolute atomic E-state index is 0.532. The number of halogens is 2. The van der Waals surface area contributed by atoms with Crippen LogP contribution in [-0.4, -0.2) is 10.2 Å². The Bertz CT molecular complexity index is 76.1. The molecule has 0 aliphatic heterocycles. The van der Waals surface area contributed by atoms with Crippen molar-refractivity contribution >= 4 is 41.1 Å². The summed E-state index contributed by atoms with van der Waals surface area (Å²) in [6.45, 7) is 0. The minimum atomic E-state index is -0.856. The van der Waals surface area contributed by atoms with E-state index in [9.17, 15) is 4.79 Å². The summed E-state index contributed by atoms with van der Waals surface area (Å²) in [6.07, 6.45) is 0. The van der Waals surface area contributed by atoms with Gasteiger partial charge >= 0.3 is 0 Å².